The molecular formula is C13H17NO2S. The monoisotopic (exact) mass is 251 g/mol. The van der Waals surface area contributed by atoms with Crippen molar-refractivity contribution in [2.45, 2.75) is 30.7 Å². The first-order valence-electron chi connectivity index (χ1n) is 5.92. The van der Waals surface area contributed by atoms with Crippen molar-refractivity contribution in [1.82, 2.24) is 0 Å². The Kier molecular flexibility index (Phi) is 3.94. The molecule has 92 valence electrons. The standard InChI is InChI=1S/C13H17NO2S/c1-2-7-14-10(8-13(15)16)9-17-12-6-4-3-5-11(12)14/h3-6,10H,2,7-9H2,1H3,(H,15,16). The minimum Gasteiger partial charge on any atom is -0.481 e. The Morgan fingerprint density at radius 3 is 3.00 bits per heavy atom. The molecule has 0 aromatic heterocycles. The van der Waals surface area contributed by atoms with Gasteiger partial charge >= 0.3 is 5.97 Å². The SMILES string of the molecule is CCCN1c2ccccc2SCC1CC(=O)O. The minimum absolute atomic E-state index is 0.118. The second kappa shape index (κ2) is 5.45. The molecule has 0 radical (unpaired) electrons. The van der Waals surface area contributed by atoms with Gasteiger partial charge in [-0.1, -0.05) is 19.1 Å². The van der Waals surface area contributed by atoms with Gasteiger partial charge in [-0.3, -0.25) is 4.79 Å². The summed E-state index contributed by atoms with van der Waals surface area (Å²) < 4.78 is 0. The second-order valence-corrected chi connectivity index (χ2v) is 5.29. The molecule has 1 aliphatic rings. The first-order valence-corrected chi connectivity index (χ1v) is 6.91. The lowest BCUT2D eigenvalue weighted by Crippen LogP contribution is -2.41. The molecule has 0 amide bonds. The highest BCUT2D eigenvalue weighted by Crippen LogP contribution is 2.38. The minimum atomic E-state index is -0.712. The van der Waals surface area contributed by atoms with E-state index in [-0.39, 0.29) is 12.5 Å². The van der Waals surface area contributed by atoms with E-state index in [1.807, 2.05) is 12.1 Å². The van der Waals surface area contributed by atoms with E-state index in [0.717, 1.165) is 18.7 Å². The van der Waals surface area contributed by atoms with E-state index < -0.39 is 5.97 Å². The molecule has 1 aromatic carbocycles. The first-order chi connectivity index (χ1) is 8.22. The molecule has 0 bridgehead atoms. The van der Waals surface area contributed by atoms with Crippen LogP contribution in [0, 0.1) is 0 Å². The number of benzene rings is 1. The topological polar surface area (TPSA) is 40.5 Å². The van der Waals surface area contributed by atoms with Gasteiger partial charge < -0.3 is 10.0 Å². The number of anilines is 1. The van der Waals surface area contributed by atoms with Gasteiger partial charge in [0, 0.05) is 23.2 Å². The van der Waals surface area contributed by atoms with Gasteiger partial charge in [0.25, 0.3) is 0 Å². The van der Waals surface area contributed by atoms with Crippen LogP contribution in [-0.4, -0.2) is 29.4 Å². The summed E-state index contributed by atoms with van der Waals surface area (Å²) in [7, 11) is 0. The number of carboxylic acids is 1. The molecule has 1 aromatic rings. The molecule has 2 rings (SSSR count). The Bertz CT molecular complexity index is 408. The zero-order valence-corrected chi connectivity index (χ0v) is 10.7. The third kappa shape index (κ3) is 2.75. The van der Waals surface area contributed by atoms with E-state index >= 15 is 0 Å². The van der Waals surface area contributed by atoms with E-state index in [9.17, 15) is 4.79 Å². The van der Waals surface area contributed by atoms with Gasteiger partial charge in [-0.25, -0.2) is 0 Å². The number of carbonyl (C=O) groups is 1. The molecule has 4 heteroatoms. The maximum Gasteiger partial charge on any atom is 0.305 e. The van der Waals surface area contributed by atoms with Gasteiger partial charge in [0.1, 0.15) is 0 Å². The van der Waals surface area contributed by atoms with Crippen LogP contribution < -0.4 is 4.90 Å². The van der Waals surface area contributed by atoms with E-state index in [1.54, 1.807) is 11.8 Å². The fraction of sp³-hybridized carbons (Fsp3) is 0.462. The van der Waals surface area contributed by atoms with Crippen LogP contribution in [0.4, 0.5) is 5.69 Å². The lowest BCUT2D eigenvalue weighted by Gasteiger charge is -2.37. The van der Waals surface area contributed by atoms with Crippen LogP contribution in [0.2, 0.25) is 0 Å². The molecule has 0 saturated heterocycles. The molecule has 0 aliphatic carbocycles. The van der Waals surface area contributed by atoms with Gasteiger partial charge in [0.2, 0.25) is 0 Å². The van der Waals surface area contributed by atoms with Crippen molar-refractivity contribution >= 4 is 23.4 Å². The van der Waals surface area contributed by atoms with Gasteiger partial charge in [0.05, 0.1) is 12.1 Å². The second-order valence-electron chi connectivity index (χ2n) is 4.22. The van der Waals surface area contributed by atoms with Crippen molar-refractivity contribution in [1.29, 1.82) is 0 Å². The van der Waals surface area contributed by atoms with Crippen LogP contribution in [-0.2, 0) is 4.79 Å². The Hall–Kier alpha value is -1.16. The van der Waals surface area contributed by atoms with Gasteiger partial charge in [-0.2, -0.15) is 0 Å². The summed E-state index contributed by atoms with van der Waals surface area (Å²) in [5.74, 6) is 0.152. The summed E-state index contributed by atoms with van der Waals surface area (Å²) in [4.78, 5) is 14.4. The van der Waals surface area contributed by atoms with Gasteiger partial charge in [-0.05, 0) is 18.6 Å². The van der Waals surface area contributed by atoms with Crippen LogP contribution in [0.15, 0.2) is 29.2 Å². The number of carboxylic acid groups (broad SMARTS) is 1. The molecule has 0 saturated carbocycles. The number of hydrogen-bond donors (Lipinski definition) is 1. The van der Waals surface area contributed by atoms with Crippen molar-refractivity contribution in [3.05, 3.63) is 24.3 Å². The predicted octanol–water partition coefficient (Wildman–Crippen LogP) is 2.85. The summed E-state index contributed by atoms with van der Waals surface area (Å²) in [6.45, 7) is 3.05. The number of fused-ring (bicyclic) bond motifs is 1. The summed E-state index contributed by atoms with van der Waals surface area (Å²) in [6.07, 6.45) is 1.26. The Balaban J connectivity index is 2.25. The van der Waals surface area contributed by atoms with Crippen molar-refractivity contribution in [3.8, 4) is 0 Å². The van der Waals surface area contributed by atoms with E-state index in [1.165, 1.54) is 10.6 Å². The Labute approximate surface area is 106 Å². The quantitative estimate of drug-likeness (QED) is 0.893. The summed E-state index contributed by atoms with van der Waals surface area (Å²) >= 11 is 1.76. The normalized spacial score (nSPS) is 18.9. The molecule has 0 spiro atoms. The van der Waals surface area contributed by atoms with Crippen LogP contribution in [0.3, 0.4) is 0 Å². The predicted molar refractivity (Wildman–Crippen MR) is 70.8 cm³/mol. The largest absolute Gasteiger partial charge is 0.481 e. The number of para-hydroxylation sites is 1. The third-order valence-corrected chi connectivity index (χ3v) is 4.13. The first kappa shape index (κ1) is 12.3. The Morgan fingerprint density at radius 2 is 2.29 bits per heavy atom. The highest BCUT2D eigenvalue weighted by Gasteiger charge is 2.27. The molecule has 1 unspecified atom stereocenters. The number of thioether (sulfide) groups is 1. The number of aliphatic carboxylic acids is 1. The molecule has 1 aliphatic heterocycles. The molecule has 17 heavy (non-hydrogen) atoms. The maximum atomic E-state index is 10.9. The lowest BCUT2D eigenvalue weighted by atomic mass is 10.1. The highest BCUT2D eigenvalue weighted by molar-refractivity contribution is 7.99. The average molecular weight is 251 g/mol. The molecule has 1 N–H and O–H groups in total. The van der Waals surface area contributed by atoms with Crippen LogP contribution in [0.5, 0.6) is 0 Å². The zero-order chi connectivity index (χ0) is 12.3. The Morgan fingerprint density at radius 1 is 1.53 bits per heavy atom. The van der Waals surface area contributed by atoms with Crippen molar-refractivity contribution in [2.24, 2.45) is 0 Å². The number of nitrogens with zero attached hydrogens (tertiary/aromatic N) is 1. The zero-order valence-electron chi connectivity index (χ0n) is 9.93. The van der Waals surface area contributed by atoms with Crippen LogP contribution in [0.1, 0.15) is 19.8 Å². The lowest BCUT2D eigenvalue weighted by molar-refractivity contribution is -0.137. The van der Waals surface area contributed by atoms with Crippen LogP contribution >= 0.6 is 11.8 Å². The molecule has 0 fully saturated rings. The smallest absolute Gasteiger partial charge is 0.305 e. The highest BCUT2D eigenvalue weighted by atomic mass is 32.2. The number of rotatable bonds is 4. The maximum absolute atomic E-state index is 10.9. The fourth-order valence-corrected chi connectivity index (χ4v) is 3.38. The van der Waals surface area contributed by atoms with E-state index in [2.05, 4.69) is 24.0 Å². The molecular weight excluding hydrogens is 234 g/mol. The van der Waals surface area contributed by atoms with E-state index in [0.29, 0.717) is 0 Å². The number of hydrogen-bond acceptors (Lipinski definition) is 3. The fourth-order valence-electron chi connectivity index (χ4n) is 2.20. The molecule has 1 atom stereocenters. The third-order valence-electron chi connectivity index (χ3n) is 2.92. The molecule has 3 nitrogen and oxygen atoms in total. The summed E-state index contributed by atoms with van der Waals surface area (Å²) in [6, 6.07) is 8.37. The van der Waals surface area contributed by atoms with Gasteiger partial charge in [-0.15, -0.1) is 11.8 Å². The summed E-state index contributed by atoms with van der Waals surface area (Å²) in [5, 5.41) is 8.96. The van der Waals surface area contributed by atoms with Crippen molar-refractivity contribution in [3.63, 3.8) is 0 Å². The molecule has 1 heterocycles. The van der Waals surface area contributed by atoms with Crippen molar-refractivity contribution in [2.75, 3.05) is 17.2 Å². The van der Waals surface area contributed by atoms with Crippen LogP contribution in [0.25, 0.3) is 0 Å². The van der Waals surface area contributed by atoms with Gasteiger partial charge in [0.15, 0.2) is 0 Å². The average Bonchev–Trinajstić information content (AvgIpc) is 2.32. The summed E-state index contributed by atoms with van der Waals surface area (Å²) in [5.41, 5.74) is 1.19. The van der Waals surface area contributed by atoms with E-state index in [4.69, 9.17) is 5.11 Å². The van der Waals surface area contributed by atoms with Crippen molar-refractivity contribution < 1.29 is 9.90 Å².